The van der Waals surface area contributed by atoms with Gasteiger partial charge in [-0.05, 0) is 66.8 Å². The molecule has 0 bridgehead atoms. The molecule has 0 saturated heterocycles. The number of hydrogen-bond donors (Lipinski definition) is 1. The summed E-state index contributed by atoms with van der Waals surface area (Å²) in [4.78, 5) is 12.2. The monoisotopic (exact) mass is 409 g/mol. The summed E-state index contributed by atoms with van der Waals surface area (Å²) in [5.41, 5.74) is 3.80. The lowest BCUT2D eigenvalue weighted by atomic mass is 10.0. The molecule has 1 amide bonds. The first-order valence-electron chi connectivity index (χ1n) is 7.76. The van der Waals surface area contributed by atoms with Gasteiger partial charge >= 0.3 is 0 Å². The number of carbonyl (C=O) groups excluding carboxylic acids is 1. The molecule has 2 aromatic carbocycles. The highest BCUT2D eigenvalue weighted by Gasteiger charge is 2.13. The molecule has 0 aliphatic carbocycles. The lowest BCUT2D eigenvalue weighted by Crippen LogP contribution is -2.21. The lowest BCUT2D eigenvalue weighted by Gasteiger charge is -2.16. The third kappa shape index (κ3) is 4.74. The van der Waals surface area contributed by atoms with Crippen molar-refractivity contribution in [2.24, 2.45) is 0 Å². The minimum absolute atomic E-state index is 0.0388. The second-order valence-corrected chi connectivity index (χ2v) is 7.38. The SMILES string of the molecule is Cc1cc(OCC(=O)Nc2ccc(Cl)cc2C)c(C(C)C)cc1Br. The van der Waals surface area contributed by atoms with Gasteiger partial charge in [-0.15, -0.1) is 0 Å². The van der Waals surface area contributed by atoms with Gasteiger partial charge in [-0.3, -0.25) is 4.79 Å². The Balaban J connectivity index is 2.07. The maximum atomic E-state index is 12.2. The molecule has 5 heteroatoms. The highest BCUT2D eigenvalue weighted by atomic mass is 79.9. The number of anilines is 1. The van der Waals surface area contributed by atoms with Crippen LogP contribution in [0.25, 0.3) is 0 Å². The van der Waals surface area contributed by atoms with Crippen LogP contribution in [0, 0.1) is 13.8 Å². The maximum Gasteiger partial charge on any atom is 0.262 e. The number of benzene rings is 2. The quantitative estimate of drug-likeness (QED) is 0.670. The van der Waals surface area contributed by atoms with Gasteiger partial charge in [0, 0.05) is 15.2 Å². The van der Waals surface area contributed by atoms with Crippen molar-refractivity contribution in [3.8, 4) is 5.75 Å². The Hall–Kier alpha value is -1.52. The van der Waals surface area contributed by atoms with Gasteiger partial charge in [-0.1, -0.05) is 41.4 Å². The van der Waals surface area contributed by atoms with Crippen molar-refractivity contribution in [3.63, 3.8) is 0 Å². The molecule has 0 aliphatic heterocycles. The smallest absolute Gasteiger partial charge is 0.262 e. The van der Waals surface area contributed by atoms with Crippen molar-refractivity contribution in [2.45, 2.75) is 33.6 Å². The Kier molecular flexibility index (Phi) is 6.30. The van der Waals surface area contributed by atoms with Gasteiger partial charge < -0.3 is 10.1 Å². The Morgan fingerprint density at radius 3 is 2.54 bits per heavy atom. The number of nitrogens with one attached hydrogen (secondary N) is 1. The molecule has 3 nitrogen and oxygen atoms in total. The molecule has 0 radical (unpaired) electrons. The van der Waals surface area contributed by atoms with Crippen LogP contribution in [0.1, 0.15) is 36.5 Å². The van der Waals surface area contributed by atoms with E-state index in [1.54, 1.807) is 12.1 Å². The molecule has 2 aromatic rings. The summed E-state index contributed by atoms with van der Waals surface area (Å²) >= 11 is 9.47. The van der Waals surface area contributed by atoms with Gasteiger partial charge in [0.05, 0.1) is 0 Å². The van der Waals surface area contributed by atoms with Gasteiger partial charge in [-0.25, -0.2) is 0 Å². The maximum absolute atomic E-state index is 12.2. The van der Waals surface area contributed by atoms with Crippen molar-refractivity contribution in [1.29, 1.82) is 0 Å². The molecule has 24 heavy (non-hydrogen) atoms. The number of amides is 1. The number of hydrogen-bond acceptors (Lipinski definition) is 2. The van der Waals surface area contributed by atoms with Crippen LogP contribution in [0.3, 0.4) is 0 Å². The standard InChI is InChI=1S/C19H21BrClNO2/c1-11(2)15-9-16(20)12(3)8-18(15)24-10-19(23)22-17-6-5-14(21)7-13(17)4/h5-9,11H,10H2,1-4H3,(H,22,23). The van der Waals surface area contributed by atoms with E-state index in [0.29, 0.717) is 10.9 Å². The van der Waals surface area contributed by atoms with Crippen molar-refractivity contribution >= 4 is 39.1 Å². The largest absolute Gasteiger partial charge is 0.483 e. The van der Waals surface area contributed by atoms with Gasteiger partial charge in [0.2, 0.25) is 0 Å². The summed E-state index contributed by atoms with van der Waals surface area (Å²) in [6.45, 7) is 8.06. The molecular weight excluding hydrogens is 390 g/mol. The fourth-order valence-corrected chi connectivity index (χ4v) is 2.93. The van der Waals surface area contributed by atoms with E-state index >= 15 is 0 Å². The predicted molar refractivity (Wildman–Crippen MR) is 103 cm³/mol. The van der Waals surface area contributed by atoms with E-state index in [9.17, 15) is 4.79 Å². The lowest BCUT2D eigenvalue weighted by molar-refractivity contribution is -0.118. The van der Waals surface area contributed by atoms with E-state index in [4.69, 9.17) is 16.3 Å². The molecule has 0 unspecified atom stereocenters. The number of carbonyl (C=O) groups is 1. The average Bonchev–Trinajstić information content (AvgIpc) is 2.50. The molecule has 0 aromatic heterocycles. The number of halogens is 2. The molecule has 0 aliphatic rings. The summed E-state index contributed by atoms with van der Waals surface area (Å²) in [7, 11) is 0. The molecule has 1 N–H and O–H groups in total. The van der Waals surface area contributed by atoms with E-state index in [0.717, 1.165) is 32.6 Å². The Morgan fingerprint density at radius 1 is 1.21 bits per heavy atom. The van der Waals surface area contributed by atoms with Crippen molar-refractivity contribution in [3.05, 3.63) is 56.5 Å². The summed E-state index contributed by atoms with van der Waals surface area (Å²) in [6, 6.07) is 9.36. The van der Waals surface area contributed by atoms with Crippen LogP contribution in [0.15, 0.2) is 34.8 Å². The van der Waals surface area contributed by atoms with Gasteiger partial charge in [-0.2, -0.15) is 0 Å². The number of rotatable bonds is 5. The summed E-state index contributed by atoms with van der Waals surface area (Å²) in [6.07, 6.45) is 0. The van der Waals surface area contributed by atoms with Gasteiger partial charge in [0.15, 0.2) is 6.61 Å². The first kappa shape index (κ1) is 18.8. The van der Waals surface area contributed by atoms with E-state index in [-0.39, 0.29) is 12.5 Å². The first-order valence-corrected chi connectivity index (χ1v) is 8.94. The minimum atomic E-state index is -0.198. The third-order valence-electron chi connectivity index (χ3n) is 3.73. The third-order valence-corrected chi connectivity index (χ3v) is 4.82. The van der Waals surface area contributed by atoms with Crippen LogP contribution in [0.5, 0.6) is 5.75 Å². The molecule has 0 atom stereocenters. The van der Waals surface area contributed by atoms with Gasteiger partial charge in [0.25, 0.3) is 5.91 Å². The summed E-state index contributed by atoms with van der Waals surface area (Å²) < 4.78 is 6.81. The highest BCUT2D eigenvalue weighted by Crippen LogP contribution is 2.32. The molecule has 0 fully saturated rings. The zero-order chi connectivity index (χ0) is 17.9. The van der Waals surface area contributed by atoms with Crippen LogP contribution in [0.4, 0.5) is 5.69 Å². The second kappa shape index (κ2) is 8.04. The predicted octanol–water partition coefficient (Wildman–Crippen LogP) is 5.86. The zero-order valence-electron chi connectivity index (χ0n) is 14.2. The topological polar surface area (TPSA) is 38.3 Å². The van der Waals surface area contributed by atoms with Gasteiger partial charge in [0.1, 0.15) is 5.75 Å². The van der Waals surface area contributed by atoms with Crippen molar-refractivity contribution < 1.29 is 9.53 Å². The van der Waals surface area contributed by atoms with Crippen LogP contribution in [-0.2, 0) is 4.79 Å². The second-order valence-electron chi connectivity index (χ2n) is 6.09. The molecular formula is C19H21BrClNO2. The molecule has 0 saturated carbocycles. The fourth-order valence-electron chi connectivity index (χ4n) is 2.34. The summed E-state index contributed by atoms with van der Waals surface area (Å²) in [5.74, 6) is 0.850. The van der Waals surface area contributed by atoms with Crippen molar-refractivity contribution in [1.82, 2.24) is 0 Å². The van der Waals surface area contributed by atoms with Crippen LogP contribution in [0.2, 0.25) is 5.02 Å². The van der Waals surface area contributed by atoms with Crippen molar-refractivity contribution in [2.75, 3.05) is 11.9 Å². The molecule has 2 rings (SSSR count). The van der Waals surface area contributed by atoms with E-state index < -0.39 is 0 Å². The average molecular weight is 411 g/mol. The van der Waals surface area contributed by atoms with Crippen LogP contribution < -0.4 is 10.1 Å². The number of aryl methyl sites for hydroxylation is 2. The fraction of sp³-hybridized carbons (Fsp3) is 0.316. The van der Waals surface area contributed by atoms with E-state index in [1.807, 2.05) is 26.0 Å². The highest BCUT2D eigenvalue weighted by molar-refractivity contribution is 9.10. The Morgan fingerprint density at radius 2 is 1.92 bits per heavy atom. The Bertz CT molecular complexity index is 759. The molecule has 128 valence electrons. The molecule has 0 spiro atoms. The zero-order valence-corrected chi connectivity index (χ0v) is 16.6. The van der Waals surface area contributed by atoms with Crippen LogP contribution >= 0.6 is 27.5 Å². The first-order chi connectivity index (χ1) is 11.3. The van der Waals surface area contributed by atoms with E-state index in [2.05, 4.69) is 41.2 Å². The molecule has 0 heterocycles. The van der Waals surface area contributed by atoms with E-state index in [1.165, 1.54) is 0 Å². The summed E-state index contributed by atoms with van der Waals surface area (Å²) in [5, 5.41) is 3.50. The minimum Gasteiger partial charge on any atom is -0.483 e. The van der Waals surface area contributed by atoms with Crippen LogP contribution in [-0.4, -0.2) is 12.5 Å². The normalized spacial score (nSPS) is 10.8. The Labute approximate surface area is 156 Å². The number of ether oxygens (including phenoxy) is 1.